The van der Waals surface area contributed by atoms with Crippen molar-refractivity contribution in [2.75, 3.05) is 0 Å². The topological polar surface area (TPSA) is 175 Å². The van der Waals surface area contributed by atoms with Crippen molar-refractivity contribution < 1.29 is 36.7 Å². The minimum atomic E-state index is -0.805. The van der Waals surface area contributed by atoms with Gasteiger partial charge < -0.3 is 10.6 Å². The summed E-state index contributed by atoms with van der Waals surface area (Å²) in [5, 5.41) is 18.9. The lowest BCUT2D eigenvalue weighted by molar-refractivity contribution is -0.121. The molecule has 2 saturated carbocycles. The van der Waals surface area contributed by atoms with Crippen LogP contribution in [0.1, 0.15) is 105 Å². The average Bonchev–Trinajstić information content (AvgIpc) is 4.12. The fourth-order valence-electron chi connectivity index (χ4n) is 8.82. The monoisotopic (exact) mass is 844 g/mol. The third-order valence-electron chi connectivity index (χ3n) is 12.3. The molecule has 12 nitrogen and oxygen atoms in total. The molecule has 2 amide bonds. The maximum Gasteiger partial charge on any atom is 0.291 e. The first kappa shape index (κ1) is 40.6. The molecule has 4 aromatic carbocycles. The molecule has 2 heterocycles. The largest absolute Gasteiger partial charge is 0.339 e. The van der Waals surface area contributed by atoms with Gasteiger partial charge in [0.15, 0.2) is 11.6 Å². The summed E-state index contributed by atoms with van der Waals surface area (Å²) in [6.07, 6.45) is 4.16. The first-order valence-corrected chi connectivity index (χ1v) is 20.4. The van der Waals surface area contributed by atoms with E-state index in [4.69, 9.17) is 0 Å². The van der Waals surface area contributed by atoms with Crippen molar-refractivity contribution in [1.29, 1.82) is 0 Å². The number of fused-ring (bicyclic) bond motifs is 4. The van der Waals surface area contributed by atoms with Crippen molar-refractivity contribution in [1.82, 2.24) is 41.0 Å². The maximum atomic E-state index is 14.4. The predicted octanol–water partition coefficient (Wildman–Crippen LogP) is 6.04. The SMILES string of the molecule is O=C(N[C@@H]1CC2(CC2)c2cc(F)cc(F)c2CC1=O)c1n[nH]c(Cc2ccccc2)n1.O=C(N[C@H]1CC2(CC2)c2cc(F)cc(F)c2CC1=O)c1n[nH]c(Cc2ccccc2)n1. The molecule has 2 aromatic heterocycles. The van der Waals surface area contributed by atoms with Crippen molar-refractivity contribution in [2.45, 2.75) is 87.1 Å². The number of benzene rings is 4. The Morgan fingerprint density at radius 3 is 1.35 bits per heavy atom. The molecule has 0 unspecified atom stereocenters. The highest BCUT2D eigenvalue weighted by molar-refractivity contribution is 5.97. The number of rotatable bonds is 8. The van der Waals surface area contributed by atoms with Crippen molar-refractivity contribution >= 4 is 23.4 Å². The summed E-state index contributed by atoms with van der Waals surface area (Å²) in [6, 6.07) is 21.9. The molecule has 316 valence electrons. The molecule has 4 N–H and O–H groups in total. The van der Waals surface area contributed by atoms with Crippen LogP contribution in [0.5, 0.6) is 0 Å². The molecule has 2 spiro atoms. The lowest BCUT2D eigenvalue weighted by Crippen LogP contribution is -2.42. The molecule has 10 rings (SSSR count). The molecule has 4 aliphatic carbocycles. The Hall–Kier alpha value is -6.84. The van der Waals surface area contributed by atoms with Crippen LogP contribution in [0.15, 0.2) is 84.9 Å². The van der Waals surface area contributed by atoms with Crippen molar-refractivity contribution in [3.05, 3.63) is 165 Å². The number of hydrogen-bond acceptors (Lipinski definition) is 8. The normalized spacial score (nSPS) is 19.0. The molecule has 2 fully saturated rings. The zero-order chi connectivity index (χ0) is 43.2. The van der Waals surface area contributed by atoms with Crippen LogP contribution in [-0.4, -0.2) is 65.8 Å². The van der Waals surface area contributed by atoms with E-state index in [0.717, 1.165) is 48.9 Å². The van der Waals surface area contributed by atoms with Crippen LogP contribution >= 0.6 is 0 Å². The lowest BCUT2D eigenvalue weighted by Gasteiger charge is -2.20. The number of ketones is 2. The molecule has 2 atom stereocenters. The maximum absolute atomic E-state index is 14.4. The standard InChI is InChI=1S/2C23H20F2N4O2/c2*24-14-9-16-15(17(25)10-14)11-19(30)18(12-23(16)6-7-23)26-22(31)21-27-20(28-29-21)8-13-4-2-1-3-5-13/h2*1-5,9-10,18H,6-8,11-12H2,(H,26,31)(H,27,28,29)/t2*18-/m10/s1. The second kappa shape index (κ2) is 16.2. The molecule has 0 radical (unpaired) electrons. The van der Waals surface area contributed by atoms with E-state index < -0.39 is 58.0 Å². The Kier molecular flexibility index (Phi) is 10.6. The number of Topliss-reactive ketones (excluding diaryl/α,β-unsaturated/α-hetero) is 2. The van der Waals surface area contributed by atoms with Gasteiger partial charge in [0.2, 0.25) is 11.6 Å². The summed E-state index contributed by atoms with van der Waals surface area (Å²) >= 11 is 0. The smallest absolute Gasteiger partial charge is 0.291 e. The van der Waals surface area contributed by atoms with Crippen LogP contribution in [0.2, 0.25) is 0 Å². The van der Waals surface area contributed by atoms with E-state index in [1.807, 2.05) is 60.7 Å². The molecule has 16 heteroatoms. The van der Waals surface area contributed by atoms with Gasteiger partial charge in [-0.05, 0) is 94.9 Å². The fraction of sp³-hybridized carbons (Fsp3) is 0.304. The van der Waals surface area contributed by atoms with Gasteiger partial charge in [-0.2, -0.15) is 0 Å². The number of amides is 2. The molecule has 6 aromatic rings. The second-order valence-electron chi connectivity index (χ2n) is 16.7. The molecular weight excluding hydrogens is 805 g/mol. The van der Waals surface area contributed by atoms with Crippen LogP contribution in [0, 0.1) is 23.3 Å². The number of nitrogens with one attached hydrogen (secondary N) is 4. The third kappa shape index (κ3) is 8.41. The van der Waals surface area contributed by atoms with E-state index in [2.05, 4.69) is 41.0 Å². The second-order valence-corrected chi connectivity index (χ2v) is 16.7. The number of carbonyl (C=O) groups is 4. The number of nitrogens with zero attached hydrogens (tertiary/aromatic N) is 4. The summed E-state index contributed by atoms with van der Waals surface area (Å²) in [5.74, 6) is -3.49. The van der Waals surface area contributed by atoms with Gasteiger partial charge in [0.05, 0.1) is 12.1 Å². The van der Waals surface area contributed by atoms with Gasteiger partial charge in [-0.25, -0.2) is 27.5 Å². The number of aromatic amines is 2. The van der Waals surface area contributed by atoms with Crippen molar-refractivity contribution in [2.24, 2.45) is 0 Å². The molecule has 0 saturated heterocycles. The van der Waals surface area contributed by atoms with Crippen LogP contribution in [0.4, 0.5) is 17.6 Å². The van der Waals surface area contributed by atoms with Gasteiger partial charge in [0.25, 0.3) is 11.8 Å². The molecule has 4 aliphatic rings. The number of H-pyrrole nitrogens is 2. The zero-order valence-corrected chi connectivity index (χ0v) is 33.2. The molecule has 62 heavy (non-hydrogen) atoms. The van der Waals surface area contributed by atoms with Crippen molar-refractivity contribution in [3.63, 3.8) is 0 Å². The summed E-state index contributed by atoms with van der Waals surface area (Å²) < 4.78 is 56.4. The van der Waals surface area contributed by atoms with Gasteiger partial charge in [-0.15, -0.1) is 10.2 Å². The first-order chi connectivity index (χ1) is 29.9. The van der Waals surface area contributed by atoms with E-state index in [1.54, 1.807) is 0 Å². The van der Waals surface area contributed by atoms with E-state index in [-0.39, 0.29) is 47.2 Å². The fourth-order valence-corrected chi connectivity index (χ4v) is 8.82. The lowest BCUT2D eigenvalue weighted by atomic mass is 9.88. The van der Waals surface area contributed by atoms with Crippen LogP contribution in [0.3, 0.4) is 0 Å². The van der Waals surface area contributed by atoms with Gasteiger partial charge in [-0.3, -0.25) is 29.4 Å². The Balaban J connectivity index is 0.000000158. The summed E-state index contributed by atoms with van der Waals surface area (Å²) in [5.41, 5.74) is 2.68. The van der Waals surface area contributed by atoms with Gasteiger partial charge >= 0.3 is 0 Å². The van der Waals surface area contributed by atoms with Gasteiger partial charge in [0, 0.05) is 37.8 Å². The van der Waals surface area contributed by atoms with Crippen LogP contribution < -0.4 is 10.6 Å². The van der Waals surface area contributed by atoms with E-state index in [0.29, 0.717) is 48.5 Å². The highest BCUT2D eigenvalue weighted by atomic mass is 19.1. The number of hydrogen-bond donors (Lipinski definition) is 4. The highest BCUT2D eigenvalue weighted by Crippen LogP contribution is 2.55. The van der Waals surface area contributed by atoms with Gasteiger partial charge in [0.1, 0.15) is 34.9 Å². The highest BCUT2D eigenvalue weighted by Gasteiger charge is 2.52. The Morgan fingerprint density at radius 2 is 0.984 bits per heavy atom. The quantitative estimate of drug-likeness (QED) is 0.134. The number of halogens is 4. The summed E-state index contributed by atoms with van der Waals surface area (Å²) in [7, 11) is 0. The van der Waals surface area contributed by atoms with E-state index >= 15 is 0 Å². The predicted molar refractivity (Wildman–Crippen MR) is 215 cm³/mol. The average molecular weight is 845 g/mol. The molecule has 0 aliphatic heterocycles. The zero-order valence-electron chi connectivity index (χ0n) is 33.2. The number of aromatic nitrogens is 6. The summed E-state index contributed by atoms with van der Waals surface area (Å²) in [6.45, 7) is 0. The summed E-state index contributed by atoms with van der Waals surface area (Å²) in [4.78, 5) is 59.6. The van der Waals surface area contributed by atoms with Crippen LogP contribution in [-0.2, 0) is 46.1 Å². The minimum absolute atomic E-state index is 0.0532. The molecular formula is C46H40F4N8O4. The molecule has 0 bridgehead atoms. The van der Waals surface area contributed by atoms with Crippen LogP contribution in [0.25, 0.3) is 0 Å². The first-order valence-electron chi connectivity index (χ1n) is 20.4. The van der Waals surface area contributed by atoms with Crippen molar-refractivity contribution in [3.8, 4) is 0 Å². The third-order valence-corrected chi connectivity index (χ3v) is 12.3. The Bertz CT molecular complexity index is 2530. The van der Waals surface area contributed by atoms with E-state index in [9.17, 15) is 36.7 Å². The van der Waals surface area contributed by atoms with Gasteiger partial charge in [-0.1, -0.05) is 60.7 Å². The van der Waals surface area contributed by atoms with E-state index in [1.165, 1.54) is 12.1 Å². The Labute approximate surface area is 352 Å². The number of carbonyl (C=O) groups excluding carboxylic acids is 4. The minimum Gasteiger partial charge on any atom is -0.339 e. The Morgan fingerprint density at radius 1 is 0.597 bits per heavy atom.